The molecule has 7 heteroatoms. The van der Waals surface area contributed by atoms with E-state index >= 15 is 0 Å². The Balaban J connectivity index is 0.00000576. The standard InChI is InChI=1S/C18H31N5O.HI/c1-7-19-17(21-13-16(24)22-18(2,3)4)20-12-14-9-8-10-15(11-14)23(5)6;/h8-11H,7,12-13H2,1-6H3,(H,22,24)(H2,19,20,21);1H. The molecule has 142 valence electrons. The number of benzene rings is 1. The van der Waals surface area contributed by atoms with Gasteiger partial charge in [-0.15, -0.1) is 24.0 Å². The lowest BCUT2D eigenvalue weighted by Crippen LogP contribution is -2.48. The lowest BCUT2D eigenvalue weighted by molar-refractivity contribution is -0.121. The molecule has 0 radical (unpaired) electrons. The number of halogens is 1. The monoisotopic (exact) mass is 461 g/mol. The van der Waals surface area contributed by atoms with Gasteiger partial charge in [-0.25, -0.2) is 4.99 Å². The van der Waals surface area contributed by atoms with Gasteiger partial charge in [-0.3, -0.25) is 4.79 Å². The maximum Gasteiger partial charge on any atom is 0.239 e. The zero-order valence-electron chi connectivity index (χ0n) is 16.1. The van der Waals surface area contributed by atoms with E-state index in [1.54, 1.807) is 0 Å². The van der Waals surface area contributed by atoms with Crippen molar-refractivity contribution in [3.05, 3.63) is 29.8 Å². The van der Waals surface area contributed by atoms with E-state index in [2.05, 4.69) is 38.0 Å². The van der Waals surface area contributed by atoms with Gasteiger partial charge in [0.1, 0.15) is 0 Å². The van der Waals surface area contributed by atoms with Gasteiger partial charge in [-0.05, 0) is 45.4 Å². The van der Waals surface area contributed by atoms with E-state index in [1.807, 2.05) is 53.9 Å². The molecule has 0 aromatic heterocycles. The second-order valence-corrected chi connectivity index (χ2v) is 6.91. The number of hydrogen-bond donors (Lipinski definition) is 3. The Morgan fingerprint density at radius 3 is 2.44 bits per heavy atom. The molecule has 0 saturated heterocycles. The molecule has 0 spiro atoms. The number of rotatable bonds is 6. The fraction of sp³-hybridized carbons (Fsp3) is 0.556. The minimum absolute atomic E-state index is 0. The number of carbonyl (C=O) groups is 1. The number of nitrogens with zero attached hydrogens (tertiary/aromatic N) is 2. The van der Waals surface area contributed by atoms with E-state index in [4.69, 9.17) is 0 Å². The predicted octanol–water partition coefficient (Wildman–Crippen LogP) is 2.34. The summed E-state index contributed by atoms with van der Waals surface area (Å²) in [6.07, 6.45) is 0. The van der Waals surface area contributed by atoms with Gasteiger partial charge in [0.2, 0.25) is 5.91 Å². The van der Waals surface area contributed by atoms with E-state index < -0.39 is 0 Å². The highest BCUT2D eigenvalue weighted by Crippen LogP contribution is 2.13. The Morgan fingerprint density at radius 2 is 1.88 bits per heavy atom. The molecule has 0 saturated carbocycles. The van der Waals surface area contributed by atoms with Crippen LogP contribution in [-0.2, 0) is 11.3 Å². The van der Waals surface area contributed by atoms with Gasteiger partial charge in [0.25, 0.3) is 0 Å². The number of nitrogens with one attached hydrogen (secondary N) is 3. The van der Waals surface area contributed by atoms with Crippen LogP contribution in [0.15, 0.2) is 29.3 Å². The average molecular weight is 461 g/mol. The van der Waals surface area contributed by atoms with Crippen molar-refractivity contribution in [2.24, 2.45) is 4.99 Å². The summed E-state index contributed by atoms with van der Waals surface area (Å²) < 4.78 is 0. The highest BCUT2D eigenvalue weighted by atomic mass is 127. The Morgan fingerprint density at radius 1 is 1.20 bits per heavy atom. The minimum Gasteiger partial charge on any atom is -0.378 e. The molecule has 0 bridgehead atoms. The van der Waals surface area contributed by atoms with Gasteiger partial charge in [0, 0.05) is 31.9 Å². The maximum absolute atomic E-state index is 11.9. The van der Waals surface area contributed by atoms with Crippen molar-refractivity contribution >= 4 is 41.5 Å². The fourth-order valence-corrected chi connectivity index (χ4v) is 2.07. The van der Waals surface area contributed by atoms with Crippen molar-refractivity contribution in [3.8, 4) is 0 Å². The first-order valence-electron chi connectivity index (χ1n) is 8.30. The third kappa shape index (κ3) is 10.2. The number of hydrogen-bond acceptors (Lipinski definition) is 3. The number of amides is 1. The number of guanidine groups is 1. The van der Waals surface area contributed by atoms with Crippen LogP contribution in [0.25, 0.3) is 0 Å². The molecule has 1 aromatic rings. The van der Waals surface area contributed by atoms with Crippen LogP contribution in [0, 0.1) is 0 Å². The van der Waals surface area contributed by atoms with Crippen LogP contribution in [0.1, 0.15) is 33.3 Å². The van der Waals surface area contributed by atoms with Gasteiger partial charge in [-0.2, -0.15) is 0 Å². The third-order valence-corrected chi connectivity index (χ3v) is 3.12. The summed E-state index contributed by atoms with van der Waals surface area (Å²) >= 11 is 0. The van der Waals surface area contributed by atoms with E-state index in [9.17, 15) is 4.79 Å². The SMILES string of the molecule is CCNC(=NCc1cccc(N(C)C)c1)NCC(=O)NC(C)(C)C.I. The van der Waals surface area contributed by atoms with Gasteiger partial charge < -0.3 is 20.9 Å². The zero-order valence-corrected chi connectivity index (χ0v) is 18.5. The summed E-state index contributed by atoms with van der Waals surface area (Å²) in [5, 5.41) is 9.14. The first kappa shape index (κ1) is 23.5. The van der Waals surface area contributed by atoms with Gasteiger partial charge in [0.15, 0.2) is 5.96 Å². The van der Waals surface area contributed by atoms with Crippen molar-refractivity contribution in [1.29, 1.82) is 0 Å². The van der Waals surface area contributed by atoms with Gasteiger partial charge >= 0.3 is 0 Å². The van der Waals surface area contributed by atoms with Crippen LogP contribution in [0.5, 0.6) is 0 Å². The van der Waals surface area contributed by atoms with Crippen LogP contribution in [0.4, 0.5) is 5.69 Å². The van der Waals surface area contributed by atoms with Crippen LogP contribution in [0.2, 0.25) is 0 Å². The van der Waals surface area contributed by atoms with Crippen molar-refractivity contribution in [1.82, 2.24) is 16.0 Å². The number of anilines is 1. The highest BCUT2D eigenvalue weighted by molar-refractivity contribution is 14.0. The van der Waals surface area contributed by atoms with Gasteiger partial charge in [0.05, 0.1) is 13.1 Å². The third-order valence-electron chi connectivity index (χ3n) is 3.12. The molecule has 1 amide bonds. The zero-order chi connectivity index (χ0) is 18.2. The highest BCUT2D eigenvalue weighted by Gasteiger charge is 2.13. The Hall–Kier alpha value is -1.51. The topological polar surface area (TPSA) is 68.8 Å². The molecule has 25 heavy (non-hydrogen) atoms. The largest absolute Gasteiger partial charge is 0.378 e. The molecular weight excluding hydrogens is 429 g/mol. The summed E-state index contributed by atoms with van der Waals surface area (Å²) in [5.41, 5.74) is 2.03. The molecule has 1 aromatic carbocycles. The average Bonchev–Trinajstić information content (AvgIpc) is 2.48. The summed E-state index contributed by atoms with van der Waals surface area (Å²) in [7, 11) is 4.03. The van der Waals surface area contributed by atoms with Crippen molar-refractivity contribution < 1.29 is 4.79 Å². The molecule has 6 nitrogen and oxygen atoms in total. The maximum atomic E-state index is 11.9. The fourth-order valence-electron chi connectivity index (χ4n) is 2.07. The Bertz CT molecular complexity index is 567. The van der Waals surface area contributed by atoms with Crippen molar-refractivity contribution in [3.63, 3.8) is 0 Å². The molecule has 0 heterocycles. The molecule has 0 aliphatic carbocycles. The van der Waals surface area contributed by atoms with Crippen LogP contribution < -0.4 is 20.9 Å². The van der Waals surface area contributed by atoms with Crippen molar-refractivity contribution in [2.45, 2.75) is 39.8 Å². The summed E-state index contributed by atoms with van der Waals surface area (Å²) in [4.78, 5) is 18.5. The van der Waals surface area contributed by atoms with Crippen LogP contribution in [-0.4, -0.2) is 44.6 Å². The molecular formula is C18H32IN5O. The van der Waals surface area contributed by atoms with E-state index in [0.29, 0.717) is 12.5 Å². The lowest BCUT2D eigenvalue weighted by atomic mass is 10.1. The quantitative estimate of drug-likeness (QED) is 0.346. The Kier molecular flexibility index (Phi) is 10.5. The molecule has 0 aliphatic heterocycles. The molecule has 1 rings (SSSR count). The minimum atomic E-state index is -0.235. The normalized spacial score (nSPS) is 11.4. The molecule has 0 unspecified atom stereocenters. The second-order valence-electron chi connectivity index (χ2n) is 6.91. The summed E-state index contributed by atoms with van der Waals surface area (Å²) in [6, 6.07) is 8.25. The van der Waals surface area contributed by atoms with Gasteiger partial charge in [-0.1, -0.05) is 12.1 Å². The van der Waals surface area contributed by atoms with E-state index in [-0.39, 0.29) is 42.0 Å². The molecule has 0 fully saturated rings. The smallest absolute Gasteiger partial charge is 0.239 e. The van der Waals surface area contributed by atoms with Crippen molar-refractivity contribution in [2.75, 3.05) is 32.1 Å². The van der Waals surface area contributed by atoms with Crippen LogP contribution >= 0.6 is 24.0 Å². The molecule has 3 N–H and O–H groups in total. The summed E-state index contributed by atoms with van der Waals surface area (Å²) in [5.74, 6) is 0.583. The first-order chi connectivity index (χ1) is 11.2. The van der Waals surface area contributed by atoms with E-state index in [0.717, 1.165) is 17.8 Å². The number of carbonyl (C=O) groups excluding carboxylic acids is 1. The van der Waals surface area contributed by atoms with Crippen LogP contribution in [0.3, 0.4) is 0 Å². The first-order valence-corrected chi connectivity index (χ1v) is 8.30. The molecule has 0 atom stereocenters. The molecule has 0 aliphatic rings. The Labute approximate surface area is 168 Å². The van der Waals surface area contributed by atoms with E-state index in [1.165, 1.54) is 0 Å². The second kappa shape index (κ2) is 11.2. The predicted molar refractivity (Wildman–Crippen MR) is 117 cm³/mol. The summed E-state index contributed by atoms with van der Waals surface area (Å²) in [6.45, 7) is 9.37. The lowest BCUT2D eigenvalue weighted by Gasteiger charge is -2.21. The number of aliphatic imine (C=N–C) groups is 1.